The third kappa shape index (κ3) is 2.92. The number of aliphatic imine (C=N–C) groups is 1. The van der Waals surface area contributed by atoms with E-state index in [2.05, 4.69) is 29.5 Å². The van der Waals surface area contributed by atoms with Crippen LogP contribution in [0.15, 0.2) is 4.99 Å². The maximum Gasteiger partial charge on any atom is 0.172 e. The van der Waals surface area contributed by atoms with Crippen molar-refractivity contribution in [3.05, 3.63) is 0 Å². The van der Waals surface area contributed by atoms with Crippen LogP contribution in [-0.2, 0) is 0 Å². The van der Waals surface area contributed by atoms with Crippen molar-refractivity contribution in [2.75, 3.05) is 13.2 Å². The Morgan fingerprint density at radius 3 is 2.44 bits per heavy atom. The lowest BCUT2D eigenvalue weighted by Gasteiger charge is -2.28. The highest BCUT2D eigenvalue weighted by Crippen LogP contribution is 2.24. The molecule has 0 amide bonds. The van der Waals surface area contributed by atoms with Crippen LogP contribution in [0.4, 0.5) is 0 Å². The molecule has 0 aromatic carbocycles. The van der Waals surface area contributed by atoms with E-state index in [1.165, 1.54) is 0 Å². The fourth-order valence-electron chi connectivity index (χ4n) is 2.23. The van der Waals surface area contributed by atoms with Crippen LogP contribution < -0.4 is 10.6 Å². The number of nitrogens with zero attached hydrogens (tertiary/aromatic N) is 1. The fraction of sp³-hybridized carbons (Fsp3) is 0.818. The van der Waals surface area contributed by atoms with Crippen LogP contribution in [0.1, 0.15) is 39.5 Å². The van der Waals surface area contributed by atoms with Gasteiger partial charge in [0.25, 0.3) is 0 Å². The van der Waals surface area contributed by atoms with Gasteiger partial charge in [0.15, 0.2) is 5.11 Å². The average Bonchev–Trinajstić information content (AvgIpc) is 2.53. The Bertz CT molecular complexity index is 272. The zero-order chi connectivity index (χ0) is 12.0. The van der Waals surface area contributed by atoms with E-state index in [1.54, 1.807) is 0 Å². The van der Waals surface area contributed by atoms with Gasteiger partial charge >= 0.3 is 0 Å². The van der Waals surface area contributed by atoms with E-state index in [1.807, 2.05) is 0 Å². The van der Waals surface area contributed by atoms with Gasteiger partial charge in [0.05, 0.1) is 18.7 Å². The molecule has 0 saturated carbocycles. The molecule has 0 spiro atoms. The van der Waals surface area contributed by atoms with E-state index in [0.717, 1.165) is 31.5 Å². The number of hydrogen-bond acceptors (Lipinski definition) is 3. The number of aliphatic hydroxyl groups excluding tert-OH is 1. The van der Waals surface area contributed by atoms with Crippen molar-refractivity contribution in [3.63, 3.8) is 0 Å². The molecule has 92 valence electrons. The summed E-state index contributed by atoms with van der Waals surface area (Å²) in [7, 11) is 0. The first-order valence-corrected chi connectivity index (χ1v) is 6.34. The minimum atomic E-state index is -0.129. The number of hydrogen-bond donors (Lipinski definition) is 3. The molecule has 0 aromatic rings. The Kier molecular flexibility index (Phi) is 5.15. The summed E-state index contributed by atoms with van der Waals surface area (Å²) in [5.74, 6) is 0.898. The number of amidine groups is 1. The van der Waals surface area contributed by atoms with Crippen LogP contribution in [0.25, 0.3) is 0 Å². The third-order valence-corrected chi connectivity index (χ3v) is 2.97. The SMILES string of the molecule is CCCC1(CCC)NC(=S)NC1=NCCO. The van der Waals surface area contributed by atoms with Gasteiger partial charge in [-0.1, -0.05) is 26.7 Å². The summed E-state index contributed by atoms with van der Waals surface area (Å²) in [6.45, 7) is 4.82. The zero-order valence-corrected chi connectivity index (χ0v) is 10.9. The lowest BCUT2D eigenvalue weighted by atomic mass is 9.88. The number of rotatable bonds is 6. The molecule has 1 rings (SSSR count). The molecule has 3 N–H and O–H groups in total. The Hall–Kier alpha value is -0.680. The fourth-order valence-corrected chi connectivity index (χ4v) is 2.52. The summed E-state index contributed by atoms with van der Waals surface area (Å²) >= 11 is 5.16. The summed E-state index contributed by atoms with van der Waals surface area (Å²) < 4.78 is 0. The van der Waals surface area contributed by atoms with E-state index < -0.39 is 0 Å². The molecule has 0 atom stereocenters. The van der Waals surface area contributed by atoms with Crippen LogP contribution >= 0.6 is 12.2 Å². The Labute approximate surface area is 103 Å². The molecule has 0 bridgehead atoms. The van der Waals surface area contributed by atoms with Crippen molar-refractivity contribution in [1.82, 2.24) is 10.6 Å². The summed E-state index contributed by atoms with van der Waals surface area (Å²) in [6.07, 6.45) is 4.18. The topological polar surface area (TPSA) is 56.7 Å². The maximum absolute atomic E-state index is 8.83. The number of thiocarbonyl (C=S) groups is 1. The number of aliphatic hydroxyl groups is 1. The van der Waals surface area contributed by atoms with Crippen LogP contribution in [-0.4, -0.2) is 34.7 Å². The van der Waals surface area contributed by atoms with Crippen LogP contribution in [0, 0.1) is 0 Å². The van der Waals surface area contributed by atoms with E-state index in [9.17, 15) is 0 Å². The van der Waals surface area contributed by atoms with Crippen molar-refractivity contribution >= 4 is 23.2 Å². The minimum Gasteiger partial charge on any atom is -0.394 e. The Morgan fingerprint density at radius 1 is 1.31 bits per heavy atom. The molecule has 16 heavy (non-hydrogen) atoms. The average molecular weight is 243 g/mol. The van der Waals surface area contributed by atoms with Crippen LogP contribution in [0.5, 0.6) is 0 Å². The molecule has 1 aliphatic rings. The van der Waals surface area contributed by atoms with E-state index in [0.29, 0.717) is 11.7 Å². The van der Waals surface area contributed by atoms with Crippen LogP contribution in [0.3, 0.4) is 0 Å². The van der Waals surface area contributed by atoms with Gasteiger partial charge in [-0.2, -0.15) is 0 Å². The van der Waals surface area contributed by atoms with Gasteiger partial charge in [-0.3, -0.25) is 4.99 Å². The van der Waals surface area contributed by atoms with Gasteiger partial charge in [-0.05, 0) is 25.1 Å². The lowest BCUT2D eigenvalue weighted by Crippen LogP contribution is -2.46. The van der Waals surface area contributed by atoms with Gasteiger partial charge < -0.3 is 15.7 Å². The maximum atomic E-state index is 8.83. The van der Waals surface area contributed by atoms with Gasteiger partial charge in [-0.25, -0.2) is 0 Å². The molecule has 1 aliphatic heterocycles. The molecular formula is C11H21N3OS. The van der Waals surface area contributed by atoms with Gasteiger partial charge in [0, 0.05) is 0 Å². The first-order chi connectivity index (χ1) is 7.68. The van der Waals surface area contributed by atoms with Gasteiger partial charge in [0.1, 0.15) is 5.84 Å². The molecule has 1 heterocycles. The molecule has 0 unspecified atom stereocenters. The van der Waals surface area contributed by atoms with E-state index in [-0.39, 0.29) is 12.1 Å². The summed E-state index contributed by atoms with van der Waals surface area (Å²) in [5, 5.41) is 15.9. The van der Waals surface area contributed by atoms with Crippen molar-refractivity contribution in [1.29, 1.82) is 0 Å². The molecule has 5 heteroatoms. The first kappa shape index (κ1) is 13.4. The largest absolute Gasteiger partial charge is 0.394 e. The third-order valence-electron chi connectivity index (χ3n) is 2.76. The highest BCUT2D eigenvalue weighted by molar-refractivity contribution is 7.80. The second-order valence-electron chi connectivity index (χ2n) is 4.12. The molecule has 0 aromatic heterocycles. The van der Waals surface area contributed by atoms with Gasteiger partial charge in [0.2, 0.25) is 0 Å². The smallest absolute Gasteiger partial charge is 0.172 e. The predicted molar refractivity (Wildman–Crippen MR) is 70.8 cm³/mol. The van der Waals surface area contributed by atoms with Crippen LogP contribution in [0.2, 0.25) is 0 Å². The summed E-state index contributed by atoms with van der Waals surface area (Å²) in [5.41, 5.74) is -0.129. The van der Waals surface area contributed by atoms with Crippen molar-refractivity contribution in [2.45, 2.75) is 45.1 Å². The molecule has 0 aliphatic carbocycles. The molecule has 4 nitrogen and oxygen atoms in total. The van der Waals surface area contributed by atoms with Crippen molar-refractivity contribution in [3.8, 4) is 0 Å². The number of nitrogens with one attached hydrogen (secondary N) is 2. The molecular weight excluding hydrogens is 222 g/mol. The van der Waals surface area contributed by atoms with Gasteiger partial charge in [-0.15, -0.1) is 0 Å². The highest BCUT2D eigenvalue weighted by Gasteiger charge is 2.40. The molecule has 1 fully saturated rings. The normalized spacial score (nSPS) is 20.9. The monoisotopic (exact) mass is 243 g/mol. The van der Waals surface area contributed by atoms with Crippen molar-refractivity contribution < 1.29 is 5.11 Å². The summed E-state index contributed by atoms with van der Waals surface area (Å²) in [6, 6.07) is 0. The second kappa shape index (κ2) is 6.15. The minimum absolute atomic E-state index is 0.0757. The summed E-state index contributed by atoms with van der Waals surface area (Å²) in [4.78, 5) is 4.39. The van der Waals surface area contributed by atoms with Crippen molar-refractivity contribution in [2.24, 2.45) is 4.99 Å². The Balaban J connectivity index is 2.88. The zero-order valence-electron chi connectivity index (χ0n) is 10.0. The second-order valence-corrected chi connectivity index (χ2v) is 4.52. The first-order valence-electron chi connectivity index (χ1n) is 5.93. The predicted octanol–water partition coefficient (Wildman–Crippen LogP) is 1.19. The highest BCUT2D eigenvalue weighted by atomic mass is 32.1. The molecule has 1 saturated heterocycles. The lowest BCUT2D eigenvalue weighted by molar-refractivity contribution is 0.306. The quantitative estimate of drug-likeness (QED) is 0.614. The van der Waals surface area contributed by atoms with E-state index >= 15 is 0 Å². The molecule has 0 radical (unpaired) electrons. The Morgan fingerprint density at radius 2 is 1.94 bits per heavy atom. The van der Waals surface area contributed by atoms with E-state index in [4.69, 9.17) is 17.3 Å². The standard InChI is InChI=1S/C11H21N3OS/c1-3-5-11(6-4-2)9(12-7-8-15)13-10(16)14-11/h15H,3-8H2,1-2H3,(H2,12,13,14,16).